The van der Waals surface area contributed by atoms with Gasteiger partial charge in [0.1, 0.15) is 0 Å². The van der Waals surface area contributed by atoms with Crippen molar-refractivity contribution in [2.24, 2.45) is 0 Å². The number of hydrogen-bond acceptors (Lipinski definition) is 0. The van der Waals surface area contributed by atoms with Crippen molar-refractivity contribution in [3.05, 3.63) is 81.9 Å². The number of halogens is 2. The summed E-state index contributed by atoms with van der Waals surface area (Å²) >= 11 is 0. The van der Waals surface area contributed by atoms with Crippen molar-refractivity contribution >= 4 is 21.5 Å². The molecule has 0 aromatic heterocycles. The number of rotatable bonds is 4. The van der Waals surface area contributed by atoms with Gasteiger partial charge in [-0.3, -0.25) is 0 Å². The minimum atomic E-state index is 0. The second-order valence-corrected chi connectivity index (χ2v) is 10.9. The van der Waals surface area contributed by atoms with E-state index in [0.29, 0.717) is 23.7 Å². The van der Waals surface area contributed by atoms with E-state index in [1.807, 2.05) is 0 Å². The molecule has 0 fully saturated rings. The van der Waals surface area contributed by atoms with Gasteiger partial charge in [0.15, 0.2) is 0 Å². The van der Waals surface area contributed by atoms with Gasteiger partial charge in [0.05, 0.1) is 0 Å². The Morgan fingerprint density at radius 3 is 1.03 bits per heavy atom. The first-order chi connectivity index (χ1) is 15.0. The summed E-state index contributed by atoms with van der Waals surface area (Å²) in [7, 11) is 0. The fraction of sp³-hybridized carbons (Fsp3) is 0.438. The molecule has 0 bridgehead atoms. The smallest absolute Gasteiger partial charge is 1.00 e. The zero-order valence-electron chi connectivity index (χ0n) is 23.7. The van der Waals surface area contributed by atoms with Crippen molar-refractivity contribution < 1.29 is 77.2 Å². The summed E-state index contributed by atoms with van der Waals surface area (Å²) in [6.07, 6.45) is 0. The van der Waals surface area contributed by atoms with Crippen molar-refractivity contribution in [2.45, 2.75) is 92.9 Å². The third-order valence-corrected chi connectivity index (χ3v) is 6.62. The zero-order valence-corrected chi connectivity index (χ0v) is 30.1. The molecular formula is C32H42Cl2Zr2. The third-order valence-electron chi connectivity index (χ3n) is 6.62. The SMILES string of the molecule is Cc1cc2c(C(C)C)cc(C(C)C)cc2[cH-]1.Cc1cc2c(C(C)C)cc(C(C)C)cc2[cH-]1.[Cl-].[Cl-].[Zr+2].[Zr+2]. The van der Waals surface area contributed by atoms with Gasteiger partial charge < -0.3 is 24.8 Å². The van der Waals surface area contributed by atoms with Crippen LogP contribution in [0.3, 0.4) is 0 Å². The van der Waals surface area contributed by atoms with Crippen molar-refractivity contribution in [1.82, 2.24) is 0 Å². The van der Waals surface area contributed by atoms with Gasteiger partial charge in [-0.15, -0.1) is 56.9 Å². The molecule has 0 aliphatic carbocycles. The Morgan fingerprint density at radius 1 is 0.472 bits per heavy atom. The van der Waals surface area contributed by atoms with Crippen LogP contribution in [0.1, 0.15) is 112 Å². The molecule has 4 heteroatoms. The van der Waals surface area contributed by atoms with Crippen molar-refractivity contribution in [3.8, 4) is 0 Å². The molecule has 0 radical (unpaired) electrons. The Balaban J connectivity index is 0. The van der Waals surface area contributed by atoms with Crippen LogP contribution in [0.25, 0.3) is 21.5 Å². The summed E-state index contributed by atoms with van der Waals surface area (Å²) in [5, 5.41) is 5.70. The maximum Gasteiger partial charge on any atom is 2.00 e. The molecule has 36 heavy (non-hydrogen) atoms. The van der Waals surface area contributed by atoms with Gasteiger partial charge in [0.25, 0.3) is 0 Å². The second-order valence-electron chi connectivity index (χ2n) is 10.9. The van der Waals surface area contributed by atoms with Crippen LogP contribution in [-0.4, -0.2) is 0 Å². The molecule has 0 atom stereocenters. The Bertz CT molecular complexity index is 1110. The largest absolute Gasteiger partial charge is 2.00 e. The minimum Gasteiger partial charge on any atom is -1.00 e. The van der Waals surface area contributed by atoms with Crippen LogP contribution in [-0.2, 0) is 52.4 Å². The number of aryl methyl sites for hydroxylation is 2. The molecule has 0 aliphatic heterocycles. The summed E-state index contributed by atoms with van der Waals surface area (Å²) in [4.78, 5) is 0. The van der Waals surface area contributed by atoms with Gasteiger partial charge in [0, 0.05) is 0 Å². The summed E-state index contributed by atoms with van der Waals surface area (Å²) in [5.41, 5.74) is 8.66. The first-order valence-electron chi connectivity index (χ1n) is 12.4. The maximum absolute atomic E-state index is 2.39. The molecule has 0 aliphatic rings. The predicted molar refractivity (Wildman–Crippen MR) is 145 cm³/mol. The van der Waals surface area contributed by atoms with E-state index in [0.717, 1.165) is 0 Å². The summed E-state index contributed by atoms with van der Waals surface area (Å²) in [6.45, 7) is 22.5. The molecule has 4 rings (SSSR count). The van der Waals surface area contributed by atoms with Crippen molar-refractivity contribution in [3.63, 3.8) is 0 Å². The van der Waals surface area contributed by atoms with Crippen LogP contribution in [0.5, 0.6) is 0 Å². The van der Waals surface area contributed by atoms with Crippen LogP contribution in [0.2, 0.25) is 0 Å². The Morgan fingerprint density at radius 2 is 0.778 bits per heavy atom. The maximum atomic E-state index is 2.39. The average Bonchev–Trinajstić information content (AvgIpc) is 3.26. The Labute approximate surface area is 271 Å². The van der Waals surface area contributed by atoms with E-state index in [2.05, 4.69) is 118 Å². The molecule has 192 valence electrons. The van der Waals surface area contributed by atoms with Gasteiger partial charge in [-0.25, -0.2) is 0 Å². The normalized spacial score (nSPS) is 10.6. The van der Waals surface area contributed by atoms with Crippen LogP contribution >= 0.6 is 0 Å². The predicted octanol–water partition coefficient (Wildman–Crippen LogP) is 4.23. The second kappa shape index (κ2) is 16.2. The van der Waals surface area contributed by atoms with Crippen LogP contribution < -0.4 is 24.8 Å². The molecule has 0 amide bonds. The Hall–Kier alpha value is 0.00623. The summed E-state index contributed by atoms with van der Waals surface area (Å²) < 4.78 is 0. The molecule has 4 aromatic rings. The fourth-order valence-electron chi connectivity index (χ4n) is 4.67. The van der Waals surface area contributed by atoms with Crippen LogP contribution in [0.15, 0.2) is 48.5 Å². The molecule has 0 N–H and O–H groups in total. The number of hydrogen-bond donors (Lipinski definition) is 0. The summed E-state index contributed by atoms with van der Waals surface area (Å²) in [6, 6.07) is 18.7. The van der Waals surface area contributed by atoms with Gasteiger partial charge in [-0.05, 0) is 23.7 Å². The number of fused-ring (bicyclic) bond motifs is 2. The van der Waals surface area contributed by atoms with Gasteiger partial charge in [-0.1, -0.05) is 104 Å². The fourth-order valence-corrected chi connectivity index (χ4v) is 4.67. The van der Waals surface area contributed by atoms with Crippen LogP contribution in [0.4, 0.5) is 0 Å². The van der Waals surface area contributed by atoms with Crippen molar-refractivity contribution in [2.75, 3.05) is 0 Å². The van der Waals surface area contributed by atoms with E-state index in [1.165, 1.54) is 54.9 Å². The standard InChI is InChI=1S/2C16H21.2ClH.2Zr/c2*1-10(2)13-8-14-6-12(5)7-16(14)15(9-13)11(3)4;;;;/h2*6-11H,1-5H3;2*1H;;/q2*-1;;;2*+2/p-2. The van der Waals surface area contributed by atoms with E-state index < -0.39 is 0 Å². The summed E-state index contributed by atoms with van der Waals surface area (Å²) in [5.74, 6) is 2.42. The molecule has 0 unspecified atom stereocenters. The molecule has 0 saturated carbocycles. The Kier molecular flexibility index (Phi) is 17.2. The monoisotopic (exact) mass is 676 g/mol. The average molecular weight is 680 g/mol. The zero-order chi connectivity index (χ0) is 23.7. The van der Waals surface area contributed by atoms with Crippen LogP contribution in [0, 0.1) is 13.8 Å². The van der Waals surface area contributed by atoms with E-state index in [-0.39, 0.29) is 77.2 Å². The topological polar surface area (TPSA) is 0 Å². The first kappa shape index (κ1) is 38.2. The van der Waals surface area contributed by atoms with Gasteiger partial charge >= 0.3 is 52.4 Å². The first-order valence-corrected chi connectivity index (χ1v) is 12.4. The van der Waals surface area contributed by atoms with E-state index in [1.54, 1.807) is 0 Å². The van der Waals surface area contributed by atoms with E-state index >= 15 is 0 Å². The minimum absolute atomic E-state index is 0. The van der Waals surface area contributed by atoms with Gasteiger partial charge in [-0.2, -0.15) is 12.1 Å². The van der Waals surface area contributed by atoms with Gasteiger partial charge in [0.2, 0.25) is 0 Å². The molecule has 4 aromatic carbocycles. The third kappa shape index (κ3) is 9.04. The van der Waals surface area contributed by atoms with E-state index in [4.69, 9.17) is 0 Å². The molecule has 0 nitrogen and oxygen atoms in total. The van der Waals surface area contributed by atoms with Crippen molar-refractivity contribution in [1.29, 1.82) is 0 Å². The number of benzene rings is 2. The molecule has 0 spiro atoms. The molecule has 0 heterocycles. The molecular weight excluding hydrogens is 638 g/mol. The molecule has 0 saturated heterocycles. The van der Waals surface area contributed by atoms with E-state index in [9.17, 15) is 0 Å². The quantitative estimate of drug-likeness (QED) is 0.284.